The Morgan fingerprint density at radius 2 is 1.77 bits per heavy atom. The molecule has 1 fully saturated rings. The molecule has 3 N–H and O–H groups in total. The van der Waals surface area contributed by atoms with Gasteiger partial charge in [0, 0.05) is 37.3 Å². The molecule has 0 saturated carbocycles. The molecule has 0 aromatic carbocycles. The normalized spacial score (nSPS) is 32.1. The number of nitrogens with zero attached hydrogens (tertiary/aromatic N) is 1. The van der Waals surface area contributed by atoms with Crippen molar-refractivity contribution in [3.63, 3.8) is 0 Å². The molecule has 13 heavy (non-hydrogen) atoms. The number of nitrogens with one attached hydrogen (secondary N) is 1. The van der Waals surface area contributed by atoms with Gasteiger partial charge in [0.25, 0.3) is 0 Å². The van der Waals surface area contributed by atoms with Crippen LogP contribution in [0.25, 0.3) is 0 Å². The van der Waals surface area contributed by atoms with E-state index in [-0.39, 0.29) is 5.54 Å². The fourth-order valence-corrected chi connectivity index (χ4v) is 1.95. The van der Waals surface area contributed by atoms with Gasteiger partial charge in [0.1, 0.15) is 0 Å². The van der Waals surface area contributed by atoms with Gasteiger partial charge in [-0.3, -0.25) is 4.90 Å². The molecule has 1 saturated heterocycles. The molecule has 1 aliphatic heterocycles. The summed E-state index contributed by atoms with van der Waals surface area (Å²) >= 11 is 0. The highest BCUT2D eigenvalue weighted by atomic mass is 15.3. The molecule has 0 aromatic rings. The zero-order valence-electron chi connectivity index (χ0n) is 9.30. The number of nitrogens with two attached hydrogens (primary N) is 1. The first-order valence-corrected chi connectivity index (χ1v) is 5.15. The van der Waals surface area contributed by atoms with Crippen molar-refractivity contribution in [3.05, 3.63) is 0 Å². The van der Waals surface area contributed by atoms with E-state index in [1.54, 1.807) is 0 Å². The lowest BCUT2D eigenvalue weighted by Gasteiger charge is -2.42. The molecule has 0 radical (unpaired) electrons. The van der Waals surface area contributed by atoms with Gasteiger partial charge in [-0.15, -0.1) is 0 Å². The average molecular weight is 185 g/mol. The molecule has 3 nitrogen and oxygen atoms in total. The summed E-state index contributed by atoms with van der Waals surface area (Å²) in [4.78, 5) is 2.50. The molecule has 0 amide bonds. The zero-order valence-corrected chi connectivity index (χ0v) is 9.30. The average Bonchev–Trinajstić information content (AvgIpc) is 1.95. The van der Waals surface area contributed by atoms with Crippen LogP contribution in [-0.2, 0) is 0 Å². The van der Waals surface area contributed by atoms with Crippen molar-refractivity contribution in [2.24, 2.45) is 5.73 Å². The van der Waals surface area contributed by atoms with Crippen LogP contribution >= 0.6 is 0 Å². The van der Waals surface area contributed by atoms with E-state index in [2.05, 4.69) is 37.9 Å². The summed E-state index contributed by atoms with van der Waals surface area (Å²) in [6.45, 7) is 11.9. The highest BCUT2D eigenvalue weighted by Crippen LogP contribution is 2.13. The number of hydrogen-bond acceptors (Lipinski definition) is 3. The van der Waals surface area contributed by atoms with Gasteiger partial charge in [-0.1, -0.05) is 0 Å². The Labute approximate surface area is 81.7 Å². The number of piperazine rings is 1. The summed E-state index contributed by atoms with van der Waals surface area (Å²) in [7, 11) is 0. The first-order chi connectivity index (χ1) is 5.90. The maximum Gasteiger partial charge on any atom is 0.0226 e. The fraction of sp³-hybridized carbons (Fsp3) is 1.00. The van der Waals surface area contributed by atoms with Gasteiger partial charge in [0.05, 0.1) is 0 Å². The van der Waals surface area contributed by atoms with Crippen molar-refractivity contribution in [3.8, 4) is 0 Å². The van der Waals surface area contributed by atoms with Crippen LogP contribution in [-0.4, -0.2) is 42.2 Å². The SMILES string of the molecule is CC1CNCC(C)N1CC(C)(C)N. The Hall–Kier alpha value is -0.120. The molecular formula is C10H23N3. The number of hydrogen-bond donors (Lipinski definition) is 2. The van der Waals surface area contributed by atoms with Gasteiger partial charge in [0.15, 0.2) is 0 Å². The Bertz CT molecular complexity index is 152. The van der Waals surface area contributed by atoms with Crippen molar-refractivity contribution in [1.29, 1.82) is 0 Å². The molecule has 1 rings (SSSR count). The second-order valence-corrected chi connectivity index (χ2v) is 5.02. The first kappa shape index (κ1) is 11.0. The van der Waals surface area contributed by atoms with Gasteiger partial charge >= 0.3 is 0 Å². The van der Waals surface area contributed by atoms with E-state index < -0.39 is 0 Å². The van der Waals surface area contributed by atoms with Gasteiger partial charge in [0.2, 0.25) is 0 Å². The molecule has 0 spiro atoms. The lowest BCUT2D eigenvalue weighted by molar-refractivity contribution is 0.0945. The van der Waals surface area contributed by atoms with Crippen LogP contribution in [0.3, 0.4) is 0 Å². The molecule has 1 aliphatic rings. The molecule has 78 valence electrons. The molecule has 0 aromatic heterocycles. The second kappa shape index (κ2) is 3.95. The predicted octanol–water partition coefficient (Wildman–Crippen LogP) is 0.406. The summed E-state index contributed by atoms with van der Waals surface area (Å²) < 4.78 is 0. The lowest BCUT2D eigenvalue weighted by Crippen LogP contribution is -2.59. The van der Waals surface area contributed by atoms with Crippen LogP contribution in [0.5, 0.6) is 0 Å². The van der Waals surface area contributed by atoms with E-state index >= 15 is 0 Å². The molecule has 2 unspecified atom stereocenters. The van der Waals surface area contributed by atoms with Gasteiger partial charge in [-0.25, -0.2) is 0 Å². The van der Waals surface area contributed by atoms with Gasteiger partial charge in [-0.2, -0.15) is 0 Å². The minimum Gasteiger partial charge on any atom is -0.324 e. The van der Waals surface area contributed by atoms with E-state index in [0.717, 1.165) is 19.6 Å². The van der Waals surface area contributed by atoms with Crippen LogP contribution in [0, 0.1) is 0 Å². The summed E-state index contributed by atoms with van der Waals surface area (Å²) in [5.74, 6) is 0. The predicted molar refractivity (Wildman–Crippen MR) is 56.8 cm³/mol. The van der Waals surface area contributed by atoms with Crippen molar-refractivity contribution in [2.45, 2.75) is 45.3 Å². The first-order valence-electron chi connectivity index (χ1n) is 5.15. The molecule has 0 aliphatic carbocycles. The molecule has 3 heteroatoms. The number of rotatable bonds is 2. The zero-order chi connectivity index (χ0) is 10.1. The molecular weight excluding hydrogens is 162 g/mol. The Morgan fingerprint density at radius 1 is 1.31 bits per heavy atom. The highest BCUT2D eigenvalue weighted by Gasteiger charge is 2.27. The van der Waals surface area contributed by atoms with E-state index in [1.165, 1.54) is 0 Å². The summed E-state index contributed by atoms with van der Waals surface area (Å²) in [6.07, 6.45) is 0. The molecule has 2 atom stereocenters. The van der Waals surface area contributed by atoms with E-state index in [9.17, 15) is 0 Å². The monoisotopic (exact) mass is 185 g/mol. The van der Waals surface area contributed by atoms with Crippen LogP contribution in [0.4, 0.5) is 0 Å². The van der Waals surface area contributed by atoms with Crippen LogP contribution in [0.2, 0.25) is 0 Å². The summed E-state index contributed by atoms with van der Waals surface area (Å²) in [6, 6.07) is 1.21. The van der Waals surface area contributed by atoms with Crippen LogP contribution < -0.4 is 11.1 Å². The minimum absolute atomic E-state index is 0.0835. The van der Waals surface area contributed by atoms with E-state index in [0.29, 0.717) is 12.1 Å². The van der Waals surface area contributed by atoms with Crippen LogP contribution in [0.15, 0.2) is 0 Å². The van der Waals surface area contributed by atoms with E-state index in [4.69, 9.17) is 5.73 Å². The van der Waals surface area contributed by atoms with E-state index in [1.807, 2.05) is 0 Å². The smallest absolute Gasteiger partial charge is 0.0226 e. The third-order valence-electron chi connectivity index (χ3n) is 2.60. The Kier molecular flexibility index (Phi) is 3.33. The maximum absolute atomic E-state index is 6.03. The summed E-state index contributed by atoms with van der Waals surface area (Å²) in [5, 5.41) is 3.42. The lowest BCUT2D eigenvalue weighted by atomic mass is 10.0. The Balaban J connectivity index is 2.54. The van der Waals surface area contributed by atoms with Crippen molar-refractivity contribution >= 4 is 0 Å². The Morgan fingerprint density at radius 3 is 2.15 bits per heavy atom. The largest absolute Gasteiger partial charge is 0.324 e. The minimum atomic E-state index is -0.0835. The molecule has 0 bridgehead atoms. The third-order valence-corrected chi connectivity index (χ3v) is 2.60. The highest BCUT2D eigenvalue weighted by molar-refractivity contribution is 4.87. The van der Waals surface area contributed by atoms with Gasteiger partial charge < -0.3 is 11.1 Å². The standard InChI is InChI=1S/C10H23N3/c1-8-5-12-6-9(2)13(8)7-10(3,4)11/h8-9,12H,5-7,11H2,1-4H3. The van der Waals surface area contributed by atoms with Gasteiger partial charge in [-0.05, 0) is 27.7 Å². The van der Waals surface area contributed by atoms with Crippen molar-refractivity contribution < 1.29 is 0 Å². The quantitative estimate of drug-likeness (QED) is 0.654. The fourth-order valence-electron chi connectivity index (χ4n) is 1.95. The maximum atomic E-state index is 6.03. The second-order valence-electron chi connectivity index (χ2n) is 5.02. The van der Waals surface area contributed by atoms with Crippen molar-refractivity contribution in [2.75, 3.05) is 19.6 Å². The summed E-state index contributed by atoms with van der Waals surface area (Å²) in [5.41, 5.74) is 5.95. The van der Waals surface area contributed by atoms with Crippen LogP contribution in [0.1, 0.15) is 27.7 Å². The third kappa shape index (κ3) is 3.25. The van der Waals surface area contributed by atoms with Crippen molar-refractivity contribution in [1.82, 2.24) is 10.2 Å². The molecule has 1 heterocycles. The topological polar surface area (TPSA) is 41.3 Å².